The Morgan fingerprint density at radius 2 is 2.00 bits per heavy atom. The molecule has 36 heavy (non-hydrogen) atoms. The number of hydrogen-bond acceptors (Lipinski definition) is 6. The van der Waals surface area contributed by atoms with Gasteiger partial charge in [0.1, 0.15) is 11.6 Å². The normalized spacial score (nSPS) is 22.8. The number of carbonyl (C=O) groups is 1. The van der Waals surface area contributed by atoms with Gasteiger partial charge in [-0.25, -0.2) is 4.39 Å². The number of halogens is 1. The molecule has 0 spiro atoms. The maximum absolute atomic E-state index is 14.5. The van der Waals surface area contributed by atoms with Crippen molar-refractivity contribution in [1.29, 1.82) is 0 Å². The fraction of sp³-hybridized carbons (Fsp3) is 0.679. The molecule has 3 fully saturated rings. The van der Waals surface area contributed by atoms with E-state index in [1.165, 1.54) is 12.5 Å². The standard InChI is InChI=1S/C28H39FN4O3/c1-18(2)27-31-28(36-32-27)33-12-9-19(10-13-33)24-15-20(24)11-14-35-23-8-7-21(25(29)17-23)16-26(34)30-22-5-3-4-6-22/h7-8,17-20,22,24H,3-6,9-16H2,1-2H3,(H,30,34)/t20?,24-/m1/s1. The van der Waals surface area contributed by atoms with Gasteiger partial charge in [0, 0.05) is 31.1 Å². The minimum absolute atomic E-state index is 0.0799. The van der Waals surface area contributed by atoms with E-state index in [1.54, 1.807) is 12.1 Å². The van der Waals surface area contributed by atoms with Gasteiger partial charge in [-0.1, -0.05) is 37.9 Å². The van der Waals surface area contributed by atoms with Crippen molar-refractivity contribution in [2.75, 3.05) is 24.6 Å². The molecular formula is C28H39FN4O3. The lowest BCUT2D eigenvalue weighted by atomic mass is 9.90. The molecule has 2 atom stereocenters. The average molecular weight is 499 g/mol. The van der Waals surface area contributed by atoms with Crippen LogP contribution in [0.1, 0.15) is 82.5 Å². The van der Waals surface area contributed by atoms with Gasteiger partial charge in [-0.15, -0.1) is 0 Å². The van der Waals surface area contributed by atoms with Crippen LogP contribution in [-0.4, -0.2) is 41.8 Å². The Labute approximate surface area is 213 Å². The Balaban J connectivity index is 1.00. The van der Waals surface area contributed by atoms with Crippen molar-refractivity contribution < 1.29 is 18.4 Å². The zero-order valence-electron chi connectivity index (χ0n) is 21.5. The molecule has 1 aromatic heterocycles. The summed E-state index contributed by atoms with van der Waals surface area (Å²) < 4.78 is 25.9. The van der Waals surface area contributed by atoms with Gasteiger partial charge in [0.2, 0.25) is 5.91 Å². The molecule has 8 heteroatoms. The smallest absolute Gasteiger partial charge is 0.324 e. The average Bonchev–Trinajstić information content (AvgIpc) is 3.22. The van der Waals surface area contributed by atoms with E-state index in [1.807, 2.05) is 0 Å². The van der Waals surface area contributed by atoms with E-state index < -0.39 is 0 Å². The van der Waals surface area contributed by atoms with Crippen LogP contribution < -0.4 is 15.0 Å². The van der Waals surface area contributed by atoms with Crippen LogP contribution in [0.15, 0.2) is 22.7 Å². The number of ether oxygens (including phenoxy) is 1. The summed E-state index contributed by atoms with van der Waals surface area (Å²) in [7, 11) is 0. The Morgan fingerprint density at radius 3 is 2.69 bits per heavy atom. The van der Waals surface area contributed by atoms with Crippen LogP contribution in [0.5, 0.6) is 5.75 Å². The highest BCUT2D eigenvalue weighted by Crippen LogP contribution is 2.50. The first-order valence-electron chi connectivity index (χ1n) is 13.8. The number of aromatic nitrogens is 2. The predicted octanol–water partition coefficient (Wildman–Crippen LogP) is 5.26. The molecule has 1 unspecified atom stereocenters. The molecule has 1 aromatic carbocycles. The van der Waals surface area contributed by atoms with Crippen LogP contribution in [0, 0.1) is 23.6 Å². The lowest BCUT2D eigenvalue weighted by Gasteiger charge is -2.30. The predicted molar refractivity (Wildman–Crippen MR) is 136 cm³/mol. The van der Waals surface area contributed by atoms with Gasteiger partial charge in [0.15, 0.2) is 5.82 Å². The molecule has 0 bridgehead atoms. The summed E-state index contributed by atoms with van der Waals surface area (Å²) in [6.07, 6.45) is 9.03. The quantitative estimate of drug-likeness (QED) is 0.482. The fourth-order valence-electron chi connectivity index (χ4n) is 5.90. The van der Waals surface area contributed by atoms with E-state index in [2.05, 4.69) is 34.2 Å². The molecule has 2 aliphatic carbocycles. The number of benzene rings is 1. The summed E-state index contributed by atoms with van der Waals surface area (Å²) in [5, 5.41) is 7.11. The largest absolute Gasteiger partial charge is 0.493 e. The van der Waals surface area contributed by atoms with Crippen LogP contribution in [0.4, 0.5) is 10.4 Å². The Kier molecular flexibility index (Phi) is 7.77. The van der Waals surface area contributed by atoms with Crippen molar-refractivity contribution in [1.82, 2.24) is 15.5 Å². The van der Waals surface area contributed by atoms with Crippen LogP contribution in [0.2, 0.25) is 0 Å². The van der Waals surface area contributed by atoms with Gasteiger partial charge in [0.05, 0.1) is 13.0 Å². The van der Waals surface area contributed by atoms with Crippen molar-refractivity contribution in [3.63, 3.8) is 0 Å². The summed E-state index contributed by atoms with van der Waals surface area (Å²) in [6, 6.07) is 5.79. The monoisotopic (exact) mass is 498 g/mol. The number of amides is 1. The summed E-state index contributed by atoms with van der Waals surface area (Å²) >= 11 is 0. The van der Waals surface area contributed by atoms with E-state index in [0.717, 1.165) is 75.7 Å². The van der Waals surface area contributed by atoms with Gasteiger partial charge < -0.3 is 19.5 Å². The number of nitrogens with one attached hydrogen (secondary N) is 1. The molecule has 1 saturated heterocycles. The number of nitrogens with zero attached hydrogens (tertiary/aromatic N) is 3. The molecule has 0 radical (unpaired) electrons. The first-order valence-corrected chi connectivity index (χ1v) is 13.8. The van der Waals surface area contributed by atoms with E-state index in [9.17, 15) is 9.18 Å². The highest BCUT2D eigenvalue weighted by molar-refractivity contribution is 5.79. The molecule has 2 aromatic rings. The second-order valence-electron chi connectivity index (χ2n) is 11.2. The van der Waals surface area contributed by atoms with Crippen LogP contribution in [0.3, 0.4) is 0 Å². The van der Waals surface area contributed by atoms with E-state index in [0.29, 0.717) is 29.9 Å². The van der Waals surface area contributed by atoms with E-state index in [-0.39, 0.29) is 30.1 Å². The van der Waals surface area contributed by atoms with Crippen molar-refractivity contribution in [2.45, 2.75) is 83.6 Å². The van der Waals surface area contributed by atoms with Crippen molar-refractivity contribution in [3.8, 4) is 5.75 Å². The molecule has 1 N–H and O–H groups in total. The van der Waals surface area contributed by atoms with Crippen molar-refractivity contribution in [2.24, 2.45) is 17.8 Å². The maximum atomic E-state index is 14.5. The number of anilines is 1. The molecule has 5 rings (SSSR count). The highest BCUT2D eigenvalue weighted by Gasteiger charge is 2.43. The Hall–Kier alpha value is -2.64. The molecule has 1 aliphatic heterocycles. The summed E-state index contributed by atoms with van der Waals surface area (Å²) in [5.74, 6) is 3.32. The molecule has 1 amide bonds. The number of hydrogen-bond donors (Lipinski definition) is 1. The van der Waals surface area contributed by atoms with Crippen LogP contribution >= 0.6 is 0 Å². The molecule has 3 aliphatic rings. The van der Waals surface area contributed by atoms with Gasteiger partial charge in [-0.2, -0.15) is 4.98 Å². The van der Waals surface area contributed by atoms with Gasteiger partial charge in [0.25, 0.3) is 0 Å². The van der Waals surface area contributed by atoms with Crippen LogP contribution in [0.25, 0.3) is 0 Å². The molecule has 2 saturated carbocycles. The van der Waals surface area contributed by atoms with Gasteiger partial charge in [-0.3, -0.25) is 4.79 Å². The molecule has 2 heterocycles. The summed E-state index contributed by atoms with van der Waals surface area (Å²) in [6.45, 7) is 6.67. The zero-order valence-corrected chi connectivity index (χ0v) is 21.5. The van der Waals surface area contributed by atoms with E-state index in [4.69, 9.17) is 9.26 Å². The second-order valence-corrected chi connectivity index (χ2v) is 11.2. The first-order chi connectivity index (χ1) is 17.5. The lowest BCUT2D eigenvalue weighted by molar-refractivity contribution is -0.121. The summed E-state index contributed by atoms with van der Waals surface area (Å²) in [5.41, 5.74) is 0.424. The van der Waals surface area contributed by atoms with E-state index >= 15 is 0 Å². The van der Waals surface area contributed by atoms with Crippen molar-refractivity contribution >= 4 is 11.9 Å². The number of carbonyl (C=O) groups excluding carboxylic acids is 1. The fourth-order valence-corrected chi connectivity index (χ4v) is 5.90. The maximum Gasteiger partial charge on any atom is 0.324 e. The zero-order chi connectivity index (χ0) is 25.1. The summed E-state index contributed by atoms with van der Waals surface area (Å²) in [4.78, 5) is 19.0. The topological polar surface area (TPSA) is 80.5 Å². The molecule has 196 valence electrons. The minimum Gasteiger partial charge on any atom is -0.493 e. The minimum atomic E-state index is -0.369. The number of piperidine rings is 1. The first kappa shape index (κ1) is 25.0. The van der Waals surface area contributed by atoms with Crippen molar-refractivity contribution in [3.05, 3.63) is 35.4 Å². The Bertz CT molecular complexity index is 1030. The SMILES string of the molecule is CC(C)c1noc(N2CCC([C@H]3CC3CCOc3ccc(CC(=O)NC4CCCC4)c(F)c3)CC2)n1. The lowest BCUT2D eigenvalue weighted by Crippen LogP contribution is -2.34. The van der Waals surface area contributed by atoms with Crippen LogP contribution in [-0.2, 0) is 11.2 Å². The highest BCUT2D eigenvalue weighted by atomic mass is 19.1. The Morgan fingerprint density at radius 1 is 1.22 bits per heavy atom. The third-order valence-electron chi connectivity index (χ3n) is 8.19. The third kappa shape index (κ3) is 6.19. The number of rotatable bonds is 10. The molecule has 7 nitrogen and oxygen atoms in total. The molecular weight excluding hydrogens is 459 g/mol. The van der Waals surface area contributed by atoms with Gasteiger partial charge in [-0.05, 0) is 67.9 Å². The third-order valence-corrected chi connectivity index (χ3v) is 8.19. The second kappa shape index (κ2) is 11.2. The van der Waals surface area contributed by atoms with Gasteiger partial charge >= 0.3 is 6.01 Å².